The Hall–Kier alpha value is -3.18. The average molecular weight is 432 g/mol. The maximum absolute atomic E-state index is 14.0. The van der Waals surface area contributed by atoms with Gasteiger partial charge in [-0.25, -0.2) is 17.5 Å². The second-order valence-corrected chi connectivity index (χ2v) is 8.70. The average Bonchev–Trinajstić information content (AvgIpc) is 3.22. The van der Waals surface area contributed by atoms with Gasteiger partial charge in [-0.1, -0.05) is 32.0 Å². The van der Waals surface area contributed by atoms with Crippen molar-refractivity contribution in [2.24, 2.45) is 5.92 Å². The van der Waals surface area contributed by atoms with Crippen LogP contribution in [0.3, 0.4) is 0 Å². The molecule has 0 unspecified atom stereocenters. The number of halogens is 1. The number of nitrogens with zero attached hydrogens (tertiary/aromatic N) is 4. The maximum atomic E-state index is 14.0. The van der Waals surface area contributed by atoms with E-state index in [1.165, 1.54) is 23.1 Å². The van der Waals surface area contributed by atoms with Gasteiger partial charge >= 0.3 is 0 Å². The molecule has 0 saturated carbocycles. The molecule has 1 aromatic heterocycles. The van der Waals surface area contributed by atoms with Gasteiger partial charge in [-0.2, -0.15) is 4.72 Å². The van der Waals surface area contributed by atoms with Crippen LogP contribution in [0.1, 0.15) is 19.4 Å². The Morgan fingerprint density at radius 3 is 2.53 bits per heavy atom. The quantitative estimate of drug-likeness (QED) is 0.590. The van der Waals surface area contributed by atoms with Gasteiger partial charge < -0.3 is 5.32 Å². The van der Waals surface area contributed by atoms with Gasteiger partial charge in [-0.15, -0.1) is 5.10 Å². The fourth-order valence-electron chi connectivity index (χ4n) is 2.81. The molecular formula is C19H21FN6O3S. The third-order valence-electron chi connectivity index (χ3n) is 4.43. The maximum Gasteiger partial charge on any atom is 0.244 e. The highest BCUT2D eigenvalue weighted by Crippen LogP contribution is 2.20. The first-order valence-corrected chi connectivity index (χ1v) is 10.6. The second kappa shape index (κ2) is 8.67. The molecule has 0 radical (unpaired) electrons. The molecule has 11 heteroatoms. The Balaban J connectivity index is 1.83. The Morgan fingerprint density at radius 2 is 1.90 bits per heavy atom. The van der Waals surface area contributed by atoms with Gasteiger partial charge in [-0.05, 0) is 53.1 Å². The lowest BCUT2D eigenvalue weighted by Crippen LogP contribution is -2.47. The number of aromatic nitrogens is 4. The van der Waals surface area contributed by atoms with E-state index in [0.717, 1.165) is 17.7 Å². The molecule has 0 fully saturated rings. The number of hydrogen-bond acceptors (Lipinski definition) is 6. The SMILES string of the molecule is Cc1ccc(NC(=O)[C@@H](NS(=O)(=O)c2ccccc2F)C(C)C)cc1-n1cnnn1. The van der Waals surface area contributed by atoms with Crippen LogP contribution in [-0.4, -0.2) is 40.6 Å². The number of anilines is 1. The zero-order chi connectivity index (χ0) is 21.9. The minimum Gasteiger partial charge on any atom is -0.325 e. The van der Waals surface area contributed by atoms with E-state index in [-0.39, 0.29) is 0 Å². The molecule has 0 aliphatic rings. The molecule has 0 aliphatic carbocycles. The minimum absolute atomic E-state index is 0.393. The van der Waals surface area contributed by atoms with Crippen LogP contribution >= 0.6 is 0 Å². The van der Waals surface area contributed by atoms with Crippen LogP contribution in [0.5, 0.6) is 0 Å². The fraction of sp³-hybridized carbons (Fsp3) is 0.263. The van der Waals surface area contributed by atoms with Crippen LogP contribution in [0.4, 0.5) is 10.1 Å². The molecule has 9 nitrogen and oxygen atoms in total. The number of hydrogen-bond donors (Lipinski definition) is 2. The van der Waals surface area contributed by atoms with Crippen LogP contribution in [0.15, 0.2) is 53.7 Å². The van der Waals surface area contributed by atoms with Gasteiger partial charge in [0.25, 0.3) is 0 Å². The van der Waals surface area contributed by atoms with Gasteiger partial charge in [0.15, 0.2) is 0 Å². The highest BCUT2D eigenvalue weighted by atomic mass is 32.2. The zero-order valence-corrected chi connectivity index (χ0v) is 17.4. The van der Waals surface area contributed by atoms with Gasteiger partial charge in [0, 0.05) is 5.69 Å². The van der Waals surface area contributed by atoms with Crippen molar-refractivity contribution in [1.29, 1.82) is 0 Å². The van der Waals surface area contributed by atoms with E-state index in [1.54, 1.807) is 32.0 Å². The molecule has 30 heavy (non-hydrogen) atoms. The van der Waals surface area contributed by atoms with E-state index in [2.05, 4.69) is 25.6 Å². The molecule has 0 spiro atoms. The Labute approximate surface area is 173 Å². The van der Waals surface area contributed by atoms with Gasteiger partial charge in [0.05, 0.1) is 5.69 Å². The largest absolute Gasteiger partial charge is 0.325 e. The molecule has 0 saturated heterocycles. The fourth-order valence-corrected chi connectivity index (χ4v) is 4.23. The standard InChI is InChI=1S/C19H21FN6O3S/c1-12(2)18(23-30(28,29)17-7-5-4-6-15(17)20)19(27)22-14-9-8-13(3)16(10-14)26-11-21-24-25-26/h4-12,18,23H,1-3H3,(H,22,27)/t18-/m0/s1. The van der Waals surface area contributed by atoms with Gasteiger partial charge in [0.1, 0.15) is 23.1 Å². The number of amides is 1. The van der Waals surface area contributed by atoms with Crippen LogP contribution in [0, 0.1) is 18.7 Å². The lowest BCUT2D eigenvalue weighted by molar-refractivity contribution is -0.118. The Kier molecular flexibility index (Phi) is 6.22. The van der Waals surface area contributed by atoms with Crippen molar-refractivity contribution in [1.82, 2.24) is 24.9 Å². The second-order valence-electron chi connectivity index (χ2n) is 7.02. The molecule has 3 aromatic rings. The summed E-state index contributed by atoms with van der Waals surface area (Å²) >= 11 is 0. The summed E-state index contributed by atoms with van der Waals surface area (Å²) in [6, 6.07) is 9.01. The molecule has 0 aliphatic heterocycles. The zero-order valence-electron chi connectivity index (χ0n) is 16.6. The van der Waals surface area contributed by atoms with Crippen molar-refractivity contribution in [3.8, 4) is 5.69 Å². The van der Waals surface area contributed by atoms with Gasteiger partial charge in [0.2, 0.25) is 15.9 Å². The predicted molar refractivity (Wildman–Crippen MR) is 108 cm³/mol. The molecule has 2 N–H and O–H groups in total. The van der Waals surface area contributed by atoms with E-state index >= 15 is 0 Å². The topological polar surface area (TPSA) is 119 Å². The summed E-state index contributed by atoms with van der Waals surface area (Å²) < 4.78 is 43.0. The van der Waals surface area contributed by atoms with Crippen LogP contribution in [0.25, 0.3) is 5.69 Å². The minimum atomic E-state index is -4.24. The molecule has 1 heterocycles. The lowest BCUT2D eigenvalue weighted by atomic mass is 10.0. The molecule has 158 valence electrons. The highest BCUT2D eigenvalue weighted by Gasteiger charge is 2.30. The number of carbonyl (C=O) groups is 1. The van der Waals surface area contributed by atoms with E-state index in [0.29, 0.717) is 11.4 Å². The number of tetrazole rings is 1. The van der Waals surface area contributed by atoms with Crippen molar-refractivity contribution in [2.45, 2.75) is 31.7 Å². The number of rotatable bonds is 7. The van der Waals surface area contributed by atoms with E-state index in [4.69, 9.17) is 0 Å². The molecule has 0 bridgehead atoms. The smallest absolute Gasteiger partial charge is 0.244 e. The van der Waals surface area contributed by atoms with E-state index < -0.39 is 38.6 Å². The van der Waals surface area contributed by atoms with Crippen molar-refractivity contribution in [2.75, 3.05) is 5.32 Å². The first-order valence-electron chi connectivity index (χ1n) is 9.11. The molecule has 1 atom stereocenters. The van der Waals surface area contributed by atoms with E-state index in [9.17, 15) is 17.6 Å². The number of sulfonamides is 1. The summed E-state index contributed by atoms with van der Waals surface area (Å²) in [5.74, 6) is -1.86. The predicted octanol–water partition coefficient (Wildman–Crippen LogP) is 2.05. The number of nitrogens with one attached hydrogen (secondary N) is 2. The summed E-state index contributed by atoms with van der Waals surface area (Å²) in [6.07, 6.45) is 1.42. The number of carbonyl (C=O) groups excluding carboxylic acids is 1. The lowest BCUT2D eigenvalue weighted by Gasteiger charge is -2.22. The first-order chi connectivity index (χ1) is 14.2. The van der Waals surface area contributed by atoms with Gasteiger partial charge in [-0.3, -0.25) is 4.79 Å². The van der Waals surface area contributed by atoms with Crippen LogP contribution in [-0.2, 0) is 14.8 Å². The van der Waals surface area contributed by atoms with Crippen molar-refractivity contribution < 1.29 is 17.6 Å². The molecule has 1 amide bonds. The molecule has 3 rings (SSSR count). The Morgan fingerprint density at radius 1 is 1.17 bits per heavy atom. The van der Waals surface area contributed by atoms with Crippen molar-refractivity contribution in [3.05, 3.63) is 60.2 Å². The van der Waals surface area contributed by atoms with E-state index in [1.807, 2.05) is 6.92 Å². The highest BCUT2D eigenvalue weighted by molar-refractivity contribution is 7.89. The normalized spacial score (nSPS) is 12.7. The van der Waals surface area contributed by atoms with Crippen LogP contribution in [0.2, 0.25) is 0 Å². The van der Waals surface area contributed by atoms with Crippen molar-refractivity contribution >= 4 is 21.6 Å². The summed E-state index contributed by atoms with van der Waals surface area (Å²) in [5, 5.41) is 13.7. The third-order valence-corrected chi connectivity index (χ3v) is 5.90. The van der Waals surface area contributed by atoms with Crippen molar-refractivity contribution in [3.63, 3.8) is 0 Å². The number of benzene rings is 2. The summed E-state index contributed by atoms with van der Waals surface area (Å²) in [5.41, 5.74) is 1.97. The number of aryl methyl sites for hydroxylation is 1. The molecule has 2 aromatic carbocycles. The monoisotopic (exact) mass is 432 g/mol. The third kappa shape index (κ3) is 4.69. The summed E-state index contributed by atoms with van der Waals surface area (Å²) in [7, 11) is -4.24. The first kappa shape index (κ1) is 21.5. The summed E-state index contributed by atoms with van der Waals surface area (Å²) in [6.45, 7) is 5.24. The summed E-state index contributed by atoms with van der Waals surface area (Å²) in [4.78, 5) is 12.3. The molecular weight excluding hydrogens is 411 g/mol. The van der Waals surface area contributed by atoms with Crippen LogP contribution < -0.4 is 10.0 Å². The Bertz CT molecular complexity index is 1150.